The van der Waals surface area contributed by atoms with Crippen LogP contribution in [-0.2, 0) is 14.8 Å². The fourth-order valence-electron chi connectivity index (χ4n) is 2.07. The normalized spacial score (nSPS) is 11.8. The third-order valence-electron chi connectivity index (χ3n) is 3.44. The van der Waals surface area contributed by atoms with Crippen molar-refractivity contribution in [3.63, 3.8) is 0 Å². The van der Waals surface area contributed by atoms with Crippen LogP contribution >= 0.6 is 0 Å². The molecule has 0 aliphatic carbocycles. The van der Waals surface area contributed by atoms with Crippen LogP contribution < -0.4 is 5.32 Å². The molecular formula is C18H20N2O3S. The van der Waals surface area contributed by atoms with Gasteiger partial charge in [0.05, 0.1) is 4.90 Å². The molecule has 0 aromatic heterocycles. The van der Waals surface area contributed by atoms with Gasteiger partial charge in [0.1, 0.15) is 0 Å². The summed E-state index contributed by atoms with van der Waals surface area (Å²) in [6.45, 7) is 1.72. The molecule has 2 aromatic rings. The van der Waals surface area contributed by atoms with Gasteiger partial charge in [0, 0.05) is 25.9 Å². The lowest BCUT2D eigenvalue weighted by Gasteiger charge is -2.14. The van der Waals surface area contributed by atoms with E-state index < -0.39 is 10.0 Å². The van der Waals surface area contributed by atoms with Gasteiger partial charge in [-0.25, -0.2) is 12.7 Å². The van der Waals surface area contributed by atoms with E-state index in [4.69, 9.17) is 0 Å². The van der Waals surface area contributed by atoms with Gasteiger partial charge in [0.15, 0.2) is 0 Å². The fourth-order valence-corrected chi connectivity index (χ4v) is 3.22. The van der Waals surface area contributed by atoms with Crippen LogP contribution in [0.5, 0.6) is 0 Å². The van der Waals surface area contributed by atoms with Crippen LogP contribution in [0.3, 0.4) is 0 Å². The number of rotatable bonds is 5. The minimum Gasteiger partial charge on any atom is -0.322 e. The van der Waals surface area contributed by atoms with E-state index in [2.05, 4.69) is 5.32 Å². The Morgan fingerprint density at radius 2 is 1.75 bits per heavy atom. The quantitative estimate of drug-likeness (QED) is 0.848. The van der Waals surface area contributed by atoms with E-state index >= 15 is 0 Å². The first kappa shape index (κ1) is 17.9. The summed E-state index contributed by atoms with van der Waals surface area (Å²) in [7, 11) is -0.607. The Morgan fingerprint density at radius 1 is 1.08 bits per heavy atom. The predicted octanol–water partition coefficient (Wildman–Crippen LogP) is 2.90. The van der Waals surface area contributed by atoms with Crippen LogP contribution in [0.25, 0.3) is 6.08 Å². The van der Waals surface area contributed by atoms with Gasteiger partial charge in [-0.1, -0.05) is 36.4 Å². The SMILES string of the molecule is Cc1ccc(NC(=O)C=Cc2ccccc2)cc1S(=O)(=O)N(C)C. The lowest BCUT2D eigenvalue weighted by atomic mass is 10.2. The maximum absolute atomic E-state index is 12.3. The van der Waals surface area contributed by atoms with Gasteiger partial charge in [-0.3, -0.25) is 4.79 Å². The number of nitrogens with one attached hydrogen (secondary N) is 1. The molecule has 0 unspecified atom stereocenters. The molecule has 5 nitrogen and oxygen atoms in total. The summed E-state index contributed by atoms with van der Waals surface area (Å²) in [4.78, 5) is 12.2. The Hall–Kier alpha value is -2.44. The number of nitrogens with zero attached hydrogens (tertiary/aromatic N) is 1. The van der Waals surface area contributed by atoms with Crippen molar-refractivity contribution in [2.24, 2.45) is 0 Å². The number of benzene rings is 2. The number of hydrogen-bond acceptors (Lipinski definition) is 3. The molecular weight excluding hydrogens is 324 g/mol. The molecule has 0 radical (unpaired) electrons. The van der Waals surface area contributed by atoms with E-state index in [-0.39, 0.29) is 10.8 Å². The number of sulfonamides is 1. The minimum absolute atomic E-state index is 0.178. The Balaban J connectivity index is 2.19. The van der Waals surface area contributed by atoms with Crippen LogP contribution in [-0.4, -0.2) is 32.7 Å². The second-order valence-corrected chi connectivity index (χ2v) is 7.62. The molecule has 0 aliphatic heterocycles. The standard InChI is InChI=1S/C18H20N2O3S/c1-14-9-11-16(13-17(14)24(22,23)20(2)3)19-18(21)12-10-15-7-5-4-6-8-15/h4-13H,1-3H3,(H,19,21). The molecule has 1 amide bonds. The molecule has 2 aromatic carbocycles. The highest BCUT2D eigenvalue weighted by atomic mass is 32.2. The molecule has 126 valence electrons. The number of carbonyl (C=O) groups is 1. The zero-order chi connectivity index (χ0) is 17.7. The number of hydrogen-bond donors (Lipinski definition) is 1. The van der Waals surface area contributed by atoms with Crippen molar-refractivity contribution in [2.75, 3.05) is 19.4 Å². The topological polar surface area (TPSA) is 66.5 Å². The average molecular weight is 344 g/mol. The molecule has 0 saturated heterocycles. The monoisotopic (exact) mass is 344 g/mol. The van der Waals surface area contributed by atoms with E-state index in [9.17, 15) is 13.2 Å². The van der Waals surface area contributed by atoms with E-state index in [0.717, 1.165) is 9.87 Å². The van der Waals surface area contributed by atoms with Crippen LogP contribution in [0, 0.1) is 6.92 Å². The second-order valence-electron chi connectivity index (χ2n) is 5.50. The fraction of sp³-hybridized carbons (Fsp3) is 0.167. The molecule has 1 N–H and O–H groups in total. The zero-order valence-corrected chi connectivity index (χ0v) is 14.7. The summed E-state index contributed by atoms with van der Waals surface area (Å²) in [5.41, 5.74) is 1.97. The number of amides is 1. The minimum atomic E-state index is -3.56. The molecule has 0 atom stereocenters. The summed E-state index contributed by atoms with van der Waals surface area (Å²) in [5.74, 6) is -0.323. The molecule has 0 spiro atoms. The van der Waals surface area contributed by atoms with E-state index in [1.165, 1.54) is 26.2 Å². The molecule has 0 bridgehead atoms. The van der Waals surface area contributed by atoms with Crippen LogP contribution in [0.4, 0.5) is 5.69 Å². The van der Waals surface area contributed by atoms with Gasteiger partial charge in [0.2, 0.25) is 15.9 Å². The Kier molecular flexibility index (Phi) is 5.54. The summed E-state index contributed by atoms with van der Waals surface area (Å²) < 4.78 is 25.8. The van der Waals surface area contributed by atoms with Gasteiger partial charge in [0.25, 0.3) is 0 Å². The predicted molar refractivity (Wildman–Crippen MR) is 96.2 cm³/mol. The molecule has 0 fully saturated rings. The van der Waals surface area contributed by atoms with Crippen molar-refractivity contribution >= 4 is 27.7 Å². The third kappa shape index (κ3) is 4.31. The van der Waals surface area contributed by atoms with Crippen LogP contribution in [0.1, 0.15) is 11.1 Å². The highest BCUT2D eigenvalue weighted by Crippen LogP contribution is 2.22. The number of carbonyl (C=O) groups excluding carboxylic acids is 1. The summed E-state index contributed by atoms with van der Waals surface area (Å²) in [6.07, 6.45) is 3.11. The molecule has 0 aliphatic rings. The molecule has 0 heterocycles. The first-order chi connectivity index (χ1) is 11.3. The maximum Gasteiger partial charge on any atom is 0.248 e. The van der Waals surface area contributed by atoms with Crippen molar-refractivity contribution in [2.45, 2.75) is 11.8 Å². The van der Waals surface area contributed by atoms with E-state index in [1.807, 2.05) is 30.3 Å². The first-order valence-electron chi connectivity index (χ1n) is 7.38. The van der Waals surface area contributed by atoms with Gasteiger partial charge in [-0.2, -0.15) is 0 Å². The number of aryl methyl sites for hydroxylation is 1. The van der Waals surface area contributed by atoms with Gasteiger partial charge >= 0.3 is 0 Å². The Morgan fingerprint density at radius 3 is 2.38 bits per heavy atom. The largest absolute Gasteiger partial charge is 0.322 e. The van der Waals surface area contributed by atoms with Crippen molar-refractivity contribution in [3.05, 3.63) is 65.7 Å². The summed E-state index contributed by atoms with van der Waals surface area (Å²) in [5, 5.41) is 2.68. The Bertz CT molecular complexity index is 857. The van der Waals surface area contributed by atoms with Gasteiger partial charge < -0.3 is 5.32 Å². The lowest BCUT2D eigenvalue weighted by molar-refractivity contribution is -0.111. The van der Waals surface area contributed by atoms with E-state index in [0.29, 0.717) is 11.3 Å². The lowest BCUT2D eigenvalue weighted by Crippen LogP contribution is -2.23. The Labute approximate surface area is 142 Å². The van der Waals surface area contributed by atoms with E-state index in [1.54, 1.807) is 25.1 Å². The number of anilines is 1. The van der Waals surface area contributed by atoms with Gasteiger partial charge in [-0.05, 0) is 36.3 Å². The molecule has 24 heavy (non-hydrogen) atoms. The van der Waals surface area contributed by atoms with Crippen molar-refractivity contribution in [1.82, 2.24) is 4.31 Å². The third-order valence-corrected chi connectivity index (χ3v) is 5.40. The second kappa shape index (κ2) is 7.42. The van der Waals surface area contributed by atoms with Gasteiger partial charge in [-0.15, -0.1) is 0 Å². The average Bonchev–Trinajstić information content (AvgIpc) is 2.55. The van der Waals surface area contributed by atoms with Crippen LogP contribution in [0.2, 0.25) is 0 Å². The maximum atomic E-state index is 12.3. The highest BCUT2D eigenvalue weighted by molar-refractivity contribution is 7.89. The first-order valence-corrected chi connectivity index (χ1v) is 8.82. The summed E-state index contributed by atoms with van der Waals surface area (Å²) in [6, 6.07) is 14.3. The summed E-state index contributed by atoms with van der Waals surface area (Å²) >= 11 is 0. The zero-order valence-electron chi connectivity index (χ0n) is 13.9. The molecule has 6 heteroatoms. The van der Waals surface area contributed by atoms with Crippen LogP contribution in [0.15, 0.2) is 59.5 Å². The molecule has 0 saturated carbocycles. The van der Waals surface area contributed by atoms with Crippen molar-refractivity contribution in [1.29, 1.82) is 0 Å². The highest BCUT2D eigenvalue weighted by Gasteiger charge is 2.20. The van der Waals surface area contributed by atoms with Crippen molar-refractivity contribution < 1.29 is 13.2 Å². The molecule has 2 rings (SSSR count). The van der Waals surface area contributed by atoms with Crippen molar-refractivity contribution in [3.8, 4) is 0 Å². The smallest absolute Gasteiger partial charge is 0.248 e.